The number of piperidine rings is 1. The van der Waals surface area contributed by atoms with E-state index < -0.39 is 0 Å². The summed E-state index contributed by atoms with van der Waals surface area (Å²) in [7, 11) is 0. The smallest absolute Gasteiger partial charge is 0.253 e. The molecule has 0 aromatic heterocycles. The first-order valence-corrected chi connectivity index (χ1v) is 10.8. The van der Waals surface area contributed by atoms with E-state index in [1.165, 1.54) is 29.8 Å². The quantitative estimate of drug-likeness (QED) is 0.706. The van der Waals surface area contributed by atoms with Gasteiger partial charge in [-0.1, -0.05) is 32.9 Å². The van der Waals surface area contributed by atoms with Crippen molar-refractivity contribution < 1.29 is 18.7 Å². The molecule has 0 saturated carbocycles. The number of nitrogens with one attached hydrogen (secondary N) is 1. The van der Waals surface area contributed by atoms with Crippen LogP contribution >= 0.6 is 0 Å². The van der Waals surface area contributed by atoms with Gasteiger partial charge in [-0.25, -0.2) is 4.39 Å². The van der Waals surface area contributed by atoms with Crippen LogP contribution in [0.15, 0.2) is 48.5 Å². The summed E-state index contributed by atoms with van der Waals surface area (Å²) in [6.07, 6.45) is 1.51. The highest BCUT2D eigenvalue weighted by molar-refractivity contribution is 5.94. The highest BCUT2D eigenvalue weighted by atomic mass is 19.1. The molecule has 1 saturated heterocycles. The van der Waals surface area contributed by atoms with E-state index in [1.807, 2.05) is 12.1 Å². The number of ether oxygens (including phenoxy) is 1. The summed E-state index contributed by atoms with van der Waals surface area (Å²) >= 11 is 0. The summed E-state index contributed by atoms with van der Waals surface area (Å²) in [6, 6.07) is 13.5. The lowest BCUT2D eigenvalue weighted by atomic mass is 9.87. The molecule has 1 unspecified atom stereocenters. The SMILES string of the molecule is CC(C)(C)c1ccc(OCCNC(=O)C2CCCN(C(=O)c3ccc(F)cc3)C2)cc1. The number of amides is 2. The minimum Gasteiger partial charge on any atom is -0.492 e. The fraction of sp³-hybridized carbons (Fsp3) is 0.440. The monoisotopic (exact) mass is 426 g/mol. The van der Waals surface area contributed by atoms with Crippen LogP contribution in [0.3, 0.4) is 0 Å². The molecule has 166 valence electrons. The number of hydrogen-bond donors (Lipinski definition) is 1. The van der Waals surface area contributed by atoms with Gasteiger partial charge in [0.15, 0.2) is 0 Å². The second-order valence-corrected chi connectivity index (χ2v) is 9.01. The van der Waals surface area contributed by atoms with Gasteiger partial charge in [-0.3, -0.25) is 9.59 Å². The molecule has 5 nitrogen and oxygen atoms in total. The Morgan fingerprint density at radius 1 is 1.10 bits per heavy atom. The maximum Gasteiger partial charge on any atom is 0.253 e. The number of carbonyl (C=O) groups is 2. The largest absolute Gasteiger partial charge is 0.492 e. The highest BCUT2D eigenvalue weighted by Gasteiger charge is 2.28. The summed E-state index contributed by atoms with van der Waals surface area (Å²) in [4.78, 5) is 26.9. The zero-order valence-corrected chi connectivity index (χ0v) is 18.5. The predicted molar refractivity (Wildman–Crippen MR) is 119 cm³/mol. The summed E-state index contributed by atoms with van der Waals surface area (Å²) in [5, 5.41) is 2.91. The first-order valence-electron chi connectivity index (χ1n) is 10.8. The molecule has 1 N–H and O–H groups in total. The molecule has 31 heavy (non-hydrogen) atoms. The fourth-order valence-corrected chi connectivity index (χ4v) is 3.69. The van der Waals surface area contributed by atoms with Gasteiger partial charge in [0, 0.05) is 18.7 Å². The Hall–Kier alpha value is -2.89. The van der Waals surface area contributed by atoms with E-state index in [2.05, 4.69) is 38.2 Å². The molecule has 0 aliphatic carbocycles. The third-order valence-corrected chi connectivity index (χ3v) is 5.56. The van der Waals surface area contributed by atoms with E-state index in [1.54, 1.807) is 4.90 Å². The fourth-order valence-electron chi connectivity index (χ4n) is 3.69. The normalized spacial score (nSPS) is 16.6. The Morgan fingerprint density at radius 2 is 1.77 bits per heavy atom. The van der Waals surface area contributed by atoms with Crippen molar-refractivity contribution in [1.82, 2.24) is 10.2 Å². The molecule has 1 fully saturated rings. The van der Waals surface area contributed by atoms with Crippen LogP contribution in [0.25, 0.3) is 0 Å². The van der Waals surface area contributed by atoms with Crippen LogP contribution in [0, 0.1) is 11.7 Å². The minimum atomic E-state index is -0.375. The number of likely N-dealkylation sites (tertiary alicyclic amines) is 1. The summed E-state index contributed by atoms with van der Waals surface area (Å²) in [6.45, 7) is 8.26. The van der Waals surface area contributed by atoms with Crippen molar-refractivity contribution in [3.05, 3.63) is 65.5 Å². The van der Waals surface area contributed by atoms with Crippen LogP contribution < -0.4 is 10.1 Å². The lowest BCUT2D eigenvalue weighted by Crippen LogP contribution is -2.46. The van der Waals surface area contributed by atoms with Gasteiger partial charge in [-0.15, -0.1) is 0 Å². The molecule has 1 heterocycles. The van der Waals surface area contributed by atoms with Crippen LogP contribution in [-0.4, -0.2) is 43.0 Å². The van der Waals surface area contributed by atoms with Crippen molar-refractivity contribution in [2.75, 3.05) is 26.2 Å². The van der Waals surface area contributed by atoms with E-state index in [-0.39, 0.29) is 29.0 Å². The molecule has 1 atom stereocenters. The topological polar surface area (TPSA) is 58.6 Å². The number of hydrogen-bond acceptors (Lipinski definition) is 3. The Bertz CT molecular complexity index is 888. The molecule has 0 radical (unpaired) electrons. The van der Waals surface area contributed by atoms with E-state index in [9.17, 15) is 14.0 Å². The highest BCUT2D eigenvalue weighted by Crippen LogP contribution is 2.24. The Labute approximate surface area is 183 Å². The number of benzene rings is 2. The number of nitrogens with zero attached hydrogens (tertiary/aromatic N) is 1. The first-order chi connectivity index (χ1) is 14.7. The third kappa shape index (κ3) is 6.29. The van der Waals surface area contributed by atoms with E-state index in [0.29, 0.717) is 31.8 Å². The van der Waals surface area contributed by atoms with Crippen molar-refractivity contribution in [3.63, 3.8) is 0 Å². The molecule has 3 rings (SSSR count). The Kier molecular flexibility index (Phi) is 7.31. The minimum absolute atomic E-state index is 0.0664. The lowest BCUT2D eigenvalue weighted by Gasteiger charge is -2.32. The van der Waals surface area contributed by atoms with Gasteiger partial charge in [-0.05, 0) is 60.2 Å². The number of halogens is 1. The zero-order chi connectivity index (χ0) is 22.4. The van der Waals surface area contributed by atoms with Gasteiger partial charge >= 0.3 is 0 Å². The van der Waals surface area contributed by atoms with Gasteiger partial charge in [0.25, 0.3) is 5.91 Å². The summed E-state index contributed by atoms with van der Waals surface area (Å²) in [5.74, 6) is -0.0807. The third-order valence-electron chi connectivity index (χ3n) is 5.56. The molecular formula is C25H31FN2O3. The maximum atomic E-state index is 13.1. The Balaban J connectivity index is 1.44. The molecule has 0 spiro atoms. The second kappa shape index (κ2) is 9.94. The predicted octanol–water partition coefficient (Wildman–Crippen LogP) is 4.17. The van der Waals surface area contributed by atoms with Crippen molar-refractivity contribution in [1.29, 1.82) is 0 Å². The van der Waals surface area contributed by atoms with Crippen LogP contribution in [0.1, 0.15) is 49.5 Å². The van der Waals surface area contributed by atoms with Gasteiger partial charge in [0.2, 0.25) is 5.91 Å². The molecule has 2 aromatic carbocycles. The summed E-state index contributed by atoms with van der Waals surface area (Å²) in [5.41, 5.74) is 1.77. The van der Waals surface area contributed by atoms with Crippen molar-refractivity contribution in [2.45, 2.75) is 39.0 Å². The standard InChI is InChI=1S/C25H31FN2O3/c1-25(2,3)20-8-12-22(13-9-20)31-16-14-27-23(29)19-5-4-15-28(17-19)24(30)18-6-10-21(26)11-7-18/h6-13,19H,4-5,14-17H2,1-3H3,(H,27,29). The average Bonchev–Trinajstić information content (AvgIpc) is 2.76. The molecule has 2 aromatic rings. The first kappa shape index (κ1) is 22.8. The van der Waals surface area contributed by atoms with Gasteiger partial charge in [0.1, 0.15) is 18.2 Å². The molecule has 2 amide bonds. The molecule has 0 bridgehead atoms. The zero-order valence-electron chi connectivity index (χ0n) is 18.5. The van der Waals surface area contributed by atoms with E-state index in [4.69, 9.17) is 4.74 Å². The Morgan fingerprint density at radius 3 is 2.42 bits per heavy atom. The average molecular weight is 427 g/mol. The van der Waals surface area contributed by atoms with Crippen LogP contribution in [-0.2, 0) is 10.2 Å². The van der Waals surface area contributed by atoms with Crippen LogP contribution in [0.4, 0.5) is 4.39 Å². The van der Waals surface area contributed by atoms with Crippen molar-refractivity contribution >= 4 is 11.8 Å². The van der Waals surface area contributed by atoms with Crippen molar-refractivity contribution in [2.24, 2.45) is 5.92 Å². The molecular weight excluding hydrogens is 395 g/mol. The molecule has 6 heteroatoms. The van der Waals surface area contributed by atoms with Crippen LogP contribution in [0.2, 0.25) is 0 Å². The lowest BCUT2D eigenvalue weighted by molar-refractivity contribution is -0.126. The number of carbonyl (C=O) groups excluding carboxylic acids is 2. The van der Waals surface area contributed by atoms with Gasteiger partial charge in [0.05, 0.1) is 12.5 Å². The van der Waals surface area contributed by atoms with Gasteiger partial charge in [-0.2, -0.15) is 0 Å². The second-order valence-electron chi connectivity index (χ2n) is 9.01. The summed E-state index contributed by atoms with van der Waals surface area (Å²) < 4.78 is 18.8. The van der Waals surface area contributed by atoms with Gasteiger partial charge < -0.3 is 15.0 Å². The van der Waals surface area contributed by atoms with E-state index in [0.717, 1.165) is 18.6 Å². The molecule has 1 aliphatic rings. The maximum absolute atomic E-state index is 13.1. The van der Waals surface area contributed by atoms with E-state index >= 15 is 0 Å². The van der Waals surface area contributed by atoms with Crippen molar-refractivity contribution in [3.8, 4) is 5.75 Å². The molecule has 1 aliphatic heterocycles. The van der Waals surface area contributed by atoms with Crippen LogP contribution in [0.5, 0.6) is 5.75 Å². The number of rotatable bonds is 6.